The molecule has 0 aliphatic rings. The lowest BCUT2D eigenvalue weighted by atomic mass is 10.0. The molecule has 1 N–H and O–H groups in total. The maximum atomic E-state index is 16.1. The molecule has 0 saturated carbocycles. The number of tetrazole rings is 1. The minimum atomic E-state index is -5.01. The van der Waals surface area contributed by atoms with E-state index in [1.54, 1.807) is 119 Å². The van der Waals surface area contributed by atoms with Crippen LogP contribution in [0.5, 0.6) is 17.2 Å². The number of hydrogen-bond donors (Lipinski definition) is 1. The van der Waals surface area contributed by atoms with Crippen LogP contribution in [0.1, 0.15) is 48.1 Å². The van der Waals surface area contributed by atoms with Gasteiger partial charge in [-0.2, -0.15) is 9.10 Å². The van der Waals surface area contributed by atoms with Gasteiger partial charge in [0.1, 0.15) is 27.7 Å². The Kier molecular flexibility index (Phi) is 14.4. The maximum absolute atomic E-state index is 16.1. The van der Waals surface area contributed by atoms with Gasteiger partial charge in [0, 0.05) is 25.2 Å². The van der Waals surface area contributed by atoms with Crippen molar-refractivity contribution >= 4 is 37.6 Å². The number of sulfone groups is 1. The van der Waals surface area contributed by atoms with Crippen LogP contribution < -0.4 is 19.5 Å². The van der Waals surface area contributed by atoms with Crippen molar-refractivity contribution in [3.8, 4) is 39.9 Å². The Morgan fingerprint density at radius 1 is 0.721 bits per heavy atom. The maximum Gasteiger partial charge on any atom is 0.407 e. The third-order valence-electron chi connectivity index (χ3n) is 10.3. The predicted octanol–water partition coefficient (Wildman–Crippen LogP) is 5.60. The number of nitrogens with one attached hydrogen (secondary N) is 1. The first kappa shape index (κ1) is 48.5. The largest absolute Gasteiger partial charge is 0.497 e. The van der Waals surface area contributed by atoms with Gasteiger partial charge in [0.15, 0.2) is 15.5 Å². The number of hydrogen-bond acceptors (Lipinski definition) is 16. The second kappa shape index (κ2) is 20.2. The van der Waals surface area contributed by atoms with Gasteiger partial charge in [0.2, 0.25) is 15.8 Å². The number of nitrogens with zero attached hydrogens (tertiary/aromatic N) is 8. The van der Waals surface area contributed by atoms with Crippen molar-refractivity contribution in [3.05, 3.63) is 126 Å². The number of benzene rings is 4. The minimum Gasteiger partial charge on any atom is -0.497 e. The van der Waals surface area contributed by atoms with Crippen LogP contribution in [0.15, 0.2) is 113 Å². The van der Waals surface area contributed by atoms with Crippen LogP contribution in [0.4, 0.5) is 4.79 Å². The first-order valence-corrected chi connectivity index (χ1v) is 24.0. The molecule has 7 aromatic rings. The zero-order valence-corrected chi connectivity index (χ0v) is 39.9. The number of esters is 1. The highest BCUT2D eigenvalue weighted by Crippen LogP contribution is 2.42. The molecule has 0 fully saturated rings. The van der Waals surface area contributed by atoms with Gasteiger partial charge in [-0.05, 0) is 97.3 Å². The number of fused-ring (bicyclic) bond motifs is 1. The number of alkyl carbamates (subject to hydrolysis) is 1. The van der Waals surface area contributed by atoms with E-state index < -0.39 is 59.6 Å². The van der Waals surface area contributed by atoms with Gasteiger partial charge < -0.3 is 29.0 Å². The van der Waals surface area contributed by atoms with Crippen LogP contribution in [-0.4, -0.2) is 114 Å². The normalized spacial score (nSPS) is 11.9. The zero-order chi connectivity index (χ0) is 48.8. The van der Waals surface area contributed by atoms with E-state index in [2.05, 4.69) is 30.8 Å². The summed E-state index contributed by atoms with van der Waals surface area (Å²) >= 11 is 0. The molecule has 0 aliphatic carbocycles. The number of sulfonamides is 1. The van der Waals surface area contributed by atoms with Crippen LogP contribution in [0.2, 0.25) is 0 Å². The summed E-state index contributed by atoms with van der Waals surface area (Å²) in [5, 5.41) is 20.2. The Morgan fingerprint density at radius 2 is 1.29 bits per heavy atom. The standard InChI is InChI=1S/C46H49N9O11S2/c1-46(2,3)66-45(57)47-25-26-67(58,59)38-24-23-36(37-9-8-10-39-48-43(44(56)65-7)51-55(37)39)40(42-49-52-54(50-42)29-32-15-21-35(64-6)22-16-32)41(38)68(60,61)53(27-30-11-17-33(62-4)18-12-30)28-31-13-19-34(63-5)20-14-31/h8-24H,25-29H2,1-7H3,(H,47,57). The van der Waals surface area contributed by atoms with E-state index in [0.29, 0.717) is 28.4 Å². The lowest BCUT2D eigenvalue weighted by Crippen LogP contribution is -2.35. The summed E-state index contributed by atoms with van der Waals surface area (Å²) < 4.78 is 90.5. The molecule has 0 atom stereocenters. The van der Waals surface area contributed by atoms with E-state index in [-0.39, 0.29) is 53.8 Å². The Bertz CT molecular complexity index is 3100. The lowest BCUT2D eigenvalue weighted by molar-refractivity contribution is 0.0529. The molecule has 22 heteroatoms. The van der Waals surface area contributed by atoms with E-state index in [4.69, 9.17) is 23.7 Å². The molecule has 3 aromatic heterocycles. The smallest absolute Gasteiger partial charge is 0.407 e. The van der Waals surface area contributed by atoms with Crippen LogP contribution in [0.25, 0.3) is 28.3 Å². The summed E-state index contributed by atoms with van der Waals surface area (Å²) in [6.45, 7) is 4.10. The molecule has 0 unspecified atom stereocenters. The number of carbonyl (C=O) groups is 2. The van der Waals surface area contributed by atoms with Crippen molar-refractivity contribution in [3.63, 3.8) is 0 Å². The molecule has 0 saturated heterocycles. The van der Waals surface area contributed by atoms with Gasteiger partial charge in [-0.15, -0.1) is 15.3 Å². The first-order valence-electron chi connectivity index (χ1n) is 20.9. The van der Waals surface area contributed by atoms with Gasteiger partial charge in [0.25, 0.3) is 5.82 Å². The van der Waals surface area contributed by atoms with Crippen molar-refractivity contribution < 1.29 is 50.1 Å². The van der Waals surface area contributed by atoms with E-state index in [1.165, 1.54) is 42.8 Å². The second-order valence-electron chi connectivity index (χ2n) is 16.1. The van der Waals surface area contributed by atoms with E-state index in [9.17, 15) is 18.0 Å². The van der Waals surface area contributed by atoms with Crippen molar-refractivity contribution in [2.45, 2.75) is 55.8 Å². The molecule has 0 aliphatic heterocycles. The van der Waals surface area contributed by atoms with Crippen molar-refractivity contribution in [2.75, 3.05) is 40.7 Å². The highest BCUT2D eigenvalue weighted by Gasteiger charge is 2.38. The monoisotopic (exact) mass is 967 g/mol. The van der Waals surface area contributed by atoms with Crippen LogP contribution in [0.3, 0.4) is 0 Å². The van der Waals surface area contributed by atoms with Crippen LogP contribution >= 0.6 is 0 Å². The van der Waals surface area contributed by atoms with E-state index in [0.717, 1.165) is 9.87 Å². The Hall–Kier alpha value is -7.43. The summed E-state index contributed by atoms with van der Waals surface area (Å²) in [7, 11) is -3.92. The number of amides is 1. The number of pyridine rings is 1. The topological polar surface area (TPSA) is 238 Å². The predicted molar refractivity (Wildman–Crippen MR) is 247 cm³/mol. The fourth-order valence-electron chi connectivity index (χ4n) is 7.03. The van der Waals surface area contributed by atoms with E-state index in [1.807, 2.05) is 0 Å². The summed E-state index contributed by atoms with van der Waals surface area (Å²) in [5.74, 6) is -0.462. The molecule has 20 nitrogen and oxygen atoms in total. The zero-order valence-electron chi connectivity index (χ0n) is 38.2. The van der Waals surface area contributed by atoms with Crippen LogP contribution in [0, 0.1) is 0 Å². The number of aromatic nitrogens is 7. The summed E-state index contributed by atoms with van der Waals surface area (Å²) in [4.78, 5) is 29.6. The minimum absolute atomic E-state index is 0.0744. The number of carbonyl (C=O) groups excluding carboxylic acids is 2. The number of rotatable bonds is 18. The average Bonchev–Trinajstić information content (AvgIpc) is 3.98. The molecule has 0 spiro atoms. The average molecular weight is 968 g/mol. The van der Waals surface area contributed by atoms with Crippen molar-refractivity contribution in [2.24, 2.45) is 0 Å². The number of ether oxygens (including phenoxy) is 5. The van der Waals surface area contributed by atoms with Gasteiger partial charge in [0.05, 0.1) is 56.9 Å². The SMILES string of the molecule is COC(=O)c1nc2cccc(-c3ccc(S(=O)(=O)CCNC(=O)OC(C)(C)C)c(S(=O)(=O)N(Cc4ccc(OC)cc4)Cc4ccc(OC)cc4)c3-c3nnn(Cc4ccc(OC)cc4)n3)n2n1. The summed E-state index contributed by atoms with van der Waals surface area (Å²) in [6, 6.07) is 28.0. The van der Waals surface area contributed by atoms with Gasteiger partial charge in [-0.3, -0.25) is 0 Å². The molecular weight excluding hydrogens is 919 g/mol. The fraction of sp³-hybridized carbons (Fsp3) is 0.283. The third-order valence-corrected chi connectivity index (χ3v) is 14.1. The molecule has 3 heterocycles. The molecule has 4 aromatic carbocycles. The Balaban J connectivity index is 1.50. The summed E-state index contributed by atoms with van der Waals surface area (Å²) in [6.07, 6.45) is -0.869. The molecule has 7 rings (SSSR count). The lowest BCUT2D eigenvalue weighted by Gasteiger charge is -2.26. The Labute approximate surface area is 392 Å². The first-order chi connectivity index (χ1) is 32.4. The quantitative estimate of drug-likeness (QED) is 0.103. The second-order valence-corrected chi connectivity index (χ2v) is 20.1. The third kappa shape index (κ3) is 11.0. The molecule has 0 radical (unpaired) electrons. The molecule has 68 heavy (non-hydrogen) atoms. The molecular formula is C46H49N9O11S2. The molecule has 0 bridgehead atoms. The fourth-order valence-corrected chi connectivity index (χ4v) is 10.7. The van der Waals surface area contributed by atoms with Gasteiger partial charge in [-0.25, -0.2) is 35.9 Å². The van der Waals surface area contributed by atoms with Gasteiger partial charge in [-0.1, -0.05) is 48.5 Å². The van der Waals surface area contributed by atoms with E-state index >= 15 is 8.42 Å². The van der Waals surface area contributed by atoms with Crippen LogP contribution in [-0.2, 0) is 49.0 Å². The molecule has 356 valence electrons. The van der Waals surface area contributed by atoms with Gasteiger partial charge >= 0.3 is 12.1 Å². The highest BCUT2D eigenvalue weighted by atomic mass is 32.2. The number of methoxy groups -OCH3 is 4. The molecule has 1 amide bonds. The highest BCUT2D eigenvalue weighted by molar-refractivity contribution is 7.93. The van der Waals surface area contributed by atoms with Crippen molar-refractivity contribution in [1.82, 2.24) is 44.4 Å². The Morgan fingerprint density at radius 3 is 1.84 bits per heavy atom. The van der Waals surface area contributed by atoms with Crippen molar-refractivity contribution in [1.29, 1.82) is 0 Å². The summed E-state index contributed by atoms with van der Waals surface area (Å²) in [5.41, 5.74) is 1.12.